The molecule has 7 aliphatic rings. The minimum atomic E-state index is -1.84. The number of anilines is 1. The maximum Gasteiger partial charge on any atom is 0.414 e. The predicted molar refractivity (Wildman–Crippen MR) is 113 cm³/mol. The van der Waals surface area contributed by atoms with Gasteiger partial charge in [-0.05, 0) is 49.1 Å². The molecule has 3 aliphatic heterocycles. The number of amides is 2. The van der Waals surface area contributed by atoms with Crippen LogP contribution in [0.2, 0.25) is 0 Å². The molecule has 2 amide bonds. The van der Waals surface area contributed by atoms with Gasteiger partial charge in [-0.25, -0.2) is 4.79 Å². The van der Waals surface area contributed by atoms with Crippen LogP contribution in [0.4, 0.5) is 10.5 Å². The molecule has 4 saturated carbocycles. The third kappa shape index (κ3) is 1.54. The van der Waals surface area contributed by atoms with E-state index < -0.39 is 34.3 Å². The van der Waals surface area contributed by atoms with Gasteiger partial charge in [-0.15, -0.1) is 0 Å². The van der Waals surface area contributed by atoms with Crippen LogP contribution in [0.1, 0.15) is 37.7 Å². The molecule has 3 heterocycles. The van der Waals surface area contributed by atoms with Crippen molar-refractivity contribution >= 4 is 23.5 Å². The Morgan fingerprint density at radius 3 is 2.61 bits per heavy atom. The number of Topliss-reactive ketones (excluding diaryl/α,β-unsaturated/α-hetero) is 1. The Bertz CT molecular complexity index is 1180. The molecule has 1 N–H and O–H groups in total. The van der Waals surface area contributed by atoms with Gasteiger partial charge in [-0.1, -0.05) is 6.07 Å². The van der Waals surface area contributed by atoms with Crippen molar-refractivity contribution in [3.63, 3.8) is 0 Å². The summed E-state index contributed by atoms with van der Waals surface area (Å²) in [5.74, 6) is -0.925. The van der Waals surface area contributed by atoms with Crippen molar-refractivity contribution in [3.8, 4) is 11.5 Å². The molecule has 6 fully saturated rings. The van der Waals surface area contributed by atoms with Crippen LogP contribution in [0.25, 0.3) is 0 Å². The highest BCUT2D eigenvalue weighted by Gasteiger charge is 2.95. The van der Waals surface area contributed by atoms with Crippen molar-refractivity contribution in [2.45, 2.75) is 54.7 Å². The largest absolute Gasteiger partial charge is 0.493 e. The van der Waals surface area contributed by atoms with Gasteiger partial charge in [0.05, 0.1) is 38.5 Å². The smallest absolute Gasteiger partial charge is 0.414 e. The van der Waals surface area contributed by atoms with Gasteiger partial charge in [0.25, 0.3) is 0 Å². The van der Waals surface area contributed by atoms with E-state index in [1.54, 1.807) is 6.07 Å². The number of piperidine rings is 1. The Morgan fingerprint density at radius 2 is 1.91 bits per heavy atom. The Hall–Kier alpha value is -2.81. The molecular formula is C24H26N2O7. The fraction of sp³-hybridized carbons (Fsp3) is 0.625. The molecule has 0 aromatic heterocycles. The molecule has 4 bridgehead atoms. The minimum Gasteiger partial charge on any atom is -0.493 e. The summed E-state index contributed by atoms with van der Waals surface area (Å²) >= 11 is 0. The molecular weight excluding hydrogens is 428 g/mol. The highest BCUT2D eigenvalue weighted by atomic mass is 16.5. The van der Waals surface area contributed by atoms with Crippen LogP contribution < -0.4 is 14.4 Å². The number of fused-ring (bicyclic) bond motifs is 2. The molecule has 174 valence electrons. The molecule has 33 heavy (non-hydrogen) atoms. The molecule has 3 spiro atoms. The van der Waals surface area contributed by atoms with Crippen LogP contribution in [0.15, 0.2) is 12.1 Å². The van der Waals surface area contributed by atoms with E-state index in [1.807, 2.05) is 11.0 Å². The number of hydrogen-bond donors (Lipinski definition) is 1. The van der Waals surface area contributed by atoms with Crippen LogP contribution in [-0.4, -0.2) is 72.8 Å². The van der Waals surface area contributed by atoms with Crippen molar-refractivity contribution in [1.82, 2.24) is 4.90 Å². The summed E-state index contributed by atoms with van der Waals surface area (Å²) in [5, 5.41) is 12.3. The summed E-state index contributed by atoms with van der Waals surface area (Å²) in [6.45, 7) is 0.589. The number of carbonyl (C=O) groups excluding carboxylic acids is 3. The summed E-state index contributed by atoms with van der Waals surface area (Å²) in [7, 11) is 4.30. The molecule has 2 saturated heterocycles. The Balaban J connectivity index is 1.67. The fourth-order valence-corrected chi connectivity index (χ4v) is 9.38. The lowest BCUT2D eigenvalue weighted by molar-refractivity contribution is -0.196. The molecule has 1 aromatic carbocycles. The topological polar surface area (TPSA) is 106 Å². The number of ether oxygens (including phenoxy) is 3. The summed E-state index contributed by atoms with van der Waals surface area (Å²) in [5.41, 5.74) is -3.41. The molecule has 1 aromatic rings. The van der Waals surface area contributed by atoms with E-state index in [0.29, 0.717) is 35.7 Å². The standard InChI is InChI=1S/C24H26N2O7/c1-31-13-6-5-12-15(16(13)32-2)26(20(29)33-3)23-9-8-21-7-4-10-25-18(28)14(24(12,23)19(21)25)17(27)22(23,30)11-21/h5-6,14,19,30H,4,7-11H2,1-3H3/t14-,19-,21+,22+,23+,24-/m0/s1. The second-order valence-corrected chi connectivity index (χ2v) is 10.5. The fourth-order valence-electron chi connectivity index (χ4n) is 9.38. The zero-order valence-electron chi connectivity index (χ0n) is 18.8. The first-order valence-electron chi connectivity index (χ1n) is 11.5. The normalized spacial score (nSPS) is 43.0. The van der Waals surface area contributed by atoms with Crippen molar-refractivity contribution in [1.29, 1.82) is 0 Å². The van der Waals surface area contributed by atoms with Crippen LogP contribution in [0, 0.1) is 11.3 Å². The second kappa shape index (κ2) is 5.46. The lowest BCUT2D eigenvalue weighted by Gasteiger charge is -2.69. The number of benzene rings is 1. The van der Waals surface area contributed by atoms with E-state index in [4.69, 9.17) is 14.2 Å². The third-order valence-electron chi connectivity index (χ3n) is 9.94. The van der Waals surface area contributed by atoms with Gasteiger partial charge in [0.15, 0.2) is 17.3 Å². The molecule has 4 aliphatic carbocycles. The molecule has 0 radical (unpaired) electrons. The highest BCUT2D eigenvalue weighted by Crippen LogP contribution is 2.82. The molecule has 9 heteroatoms. The van der Waals surface area contributed by atoms with E-state index in [0.717, 1.165) is 19.3 Å². The van der Waals surface area contributed by atoms with E-state index >= 15 is 0 Å². The number of ketones is 1. The van der Waals surface area contributed by atoms with Crippen LogP contribution in [-0.2, 0) is 19.7 Å². The highest BCUT2D eigenvalue weighted by molar-refractivity contribution is 6.18. The number of aliphatic hydroxyl groups is 1. The van der Waals surface area contributed by atoms with E-state index in [2.05, 4.69) is 0 Å². The summed E-state index contributed by atoms with van der Waals surface area (Å²) in [6, 6.07) is 3.36. The van der Waals surface area contributed by atoms with E-state index in [1.165, 1.54) is 26.2 Å². The van der Waals surface area contributed by atoms with Gasteiger partial charge >= 0.3 is 6.09 Å². The average molecular weight is 454 g/mol. The van der Waals surface area contributed by atoms with Gasteiger partial charge in [0, 0.05) is 6.54 Å². The van der Waals surface area contributed by atoms with Gasteiger partial charge in [0.2, 0.25) is 5.91 Å². The van der Waals surface area contributed by atoms with Crippen molar-refractivity contribution in [3.05, 3.63) is 17.7 Å². The van der Waals surface area contributed by atoms with Crippen LogP contribution >= 0.6 is 0 Å². The molecule has 9 nitrogen and oxygen atoms in total. The first-order chi connectivity index (χ1) is 15.8. The summed E-state index contributed by atoms with van der Waals surface area (Å²) < 4.78 is 16.5. The van der Waals surface area contributed by atoms with Crippen molar-refractivity contribution in [2.75, 3.05) is 32.8 Å². The Morgan fingerprint density at radius 1 is 1.12 bits per heavy atom. The van der Waals surface area contributed by atoms with Gasteiger partial charge in [-0.3, -0.25) is 14.5 Å². The first kappa shape index (κ1) is 19.6. The zero-order chi connectivity index (χ0) is 23.1. The number of methoxy groups -OCH3 is 3. The third-order valence-corrected chi connectivity index (χ3v) is 9.94. The first-order valence-corrected chi connectivity index (χ1v) is 11.5. The average Bonchev–Trinajstić information content (AvgIpc) is 3.30. The zero-order valence-corrected chi connectivity index (χ0v) is 18.8. The van der Waals surface area contributed by atoms with Crippen LogP contribution in [0.5, 0.6) is 11.5 Å². The lowest BCUT2D eigenvalue weighted by Crippen LogP contribution is -2.82. The SMILES string of the molecule is COC(=O)N1c2c(ccc(OC)c2OC)[C@@]23[C@@H]4C(=O)N5CCC[C@]6(CC[C@]12[C@@](O)(C6)C4=O)[C@H]53. The maximum atomic E-state index is 14.0. The number of rotatable bonds is 2. The van der Waals surface area contributed by atoms with Crippen LogP contribution in [0.3, 0.4) is 0 Å². The quantitative estimate of drug-likeness (QED) is 0.673. The lowest BCUT2D eigenvalue weighted by atomic mass is 9.40. The van der Waals surface area contributed by atoms with Crippen molar-refractivity contribution < 1.29 is 33.7 Å². The van der Waals surface area contributed by atoms with Gasteiger partial charge in [-0.2, -0.15) is 0 Å². The van der Waals surface area contributed by atoms with E-state index in [-0.39, 0.29) is 23.8 Å². The predicted octanol–water partition coefficient (Wildman–Crippen LogP) is 1.39. The second-order valence-electron chi connectivity index (χ2n) is 10.5. The minimum absolute atomic E-state index is 0.219. The Kier molecular flexibility index (Phi) is 3.25. The number of hydrogen-bond acceptors (Lipinski definition) is 7. The van der Waals surface area contributed by atoms with Gasteiger partial charge < -0.3 is 24.2 Å². The summed E-state index contributed by atoms with van der Waals surface area (Å²) in [4.78, 5) is 44.7. The van der Waals surface area contributed by atoms with Gasteiger partial charge in [0.1, 0.15) is 17.1 Å². The monoisotopic (exact) mass is 454 g/mol. The van der Waals surface area contributed by atoms with E-state index in [9.17, 15) is 19.5 Å². The molecule has 6 atom stereocenters. The Labute approximate surface area is 190 Å². The number of nitrogens with zero attached hydrogens (tertiary/aromatic N) is 2. The molecule has 8 rings (SSSR count). The maximum absolute atomic E-state index is 14.0. The number of carbonyl (C=O) groups is 3. The van der Waals surface area contributed by atoms with Crippen molar-refractivity contribution in [2.24, 2.45) is 11.3 Å². The summed E-state index contributed by atoms with van der Waals surface area (Å²) in [6.07, 6.45) is 2.42. The molecule has 0 unspecified atom stereocenters.